The zero-order valence-electron chi connectivity index (χ0n) is 10.7. The van der Waals surface area contributed by atoms with Crippen LogP contribution in [0.25, 0.3) is 10.8 Å². The van der Waals surface area contributed by atoms with Crippen LogP contribution in [0, 0.1) is 11.3 Å². The smallest absolute Gasteiger partial charge is 0.0998 e. The van der Waals surface area contributed by atoms with E-state index in [1.54, 1.807) is 0 Å². The first-order chi connectivity index (χ1) is 9.35. The lowest BCUT2D eigenvalue weighted by atomic mass is 10.0. The van der Waals surface area contributed by atoms with Gasteiger partial charge in [-0.3, -0.25) is 0 Å². The highest BCUT2D eigenvalue weighted by molar-refractivity contribution is 5.98. The van der Waals surface area contributed by atoms with E-state index < -0.39 is 0 Å². The van der Waals surface area contributed by atoms with Crippen molar-refractivity contribution in [2.24, 2.45) is 0 Å². The van der Waals surface area contributed by atoms with Crippen molar-refractivity contribution in [2.45, 2.75) is 18.9 Å². The fourth-order valence-electron chi connectivity index (χ4n) is 2.97. The molecular formula is C16H16N2O. The maximum atomic E-state index is 9.48. The molecule has 2 aromatic carbocycles. The molecule has 0 amide bonds. The highest BCUT2D eigenvalue weighted by atomic mass is 16.3. The molecule has 1 aliphatic heterocycles. The zero-order valence-corrected chi connectivity index (χ0v) is 10.7. The fraction of sp³-hybridized carbons (Fsp3) is 0.312. The molecule has 0 aliphatic carbocycles. The van der Waals surface area contributed by atoms with Crippen molar-refractivity contribution in [1.29, 1.82) is 5.26 Å². The second kappa shape index (κ2) is 4.91. The molecule has 0 radical (unpaired) electrons. The van der Waals surface area contributed by atoms with Gasteiger partial charge in [0.15, 0.2) is 0 Å². The van der Waals surface area contributed by atoms with Gasteiger partial charge >= 0.3 is 0 Å². The fourth-order valence-corrected chi connectivity index (χ4v) is 2.97. The van der Waals surface area contributed by atoms with E-state index in [-0.39, 0.29) is 12.6 Å². The van der Waals surface area contributed by atoms with Gasteiger partial charge in [-0.2, -0.15) is 5.26 Å². The zero-order chi connectivity index (χ0) is 13.2. The minimum Gasteiger partial charge on any atom is -0.394 e. The third kappa shape index (κ3) is 1.94. The largest absolute Gasteiger partial charge is 0.394 e. The molecule has 1 N–H and O–H groups in total. The van der Waals surface area contributed by atoms with E-state index in [1.807, 2.05) is 30.3 Å². The number of rotatable bonds is 2. The molecule has 0 bridgehead atoms. The molecule has 19 heavy (non-hydrogen) atoms. The average Bonchev–Trinajstić information content (AvgIpc) is 2.94. The number of hydrogen-bond donors (Lipinski definition) is 1. The Balaban J connectivity index is 2.17. The summed E-state index contributed by atoms with van der Waals surface area (Å²) in [7, 11) is 0. The van der Waals surface area contributed by atoms with E-state index in [9.17, 15) is 10.4 Å². The van der Waals surface area contributed by atoms with Crippen LogP contribution in [0.5, 0.6) is 0 Å². The first-order valence-corrected chi connectivity index (χ1v) is 6.64. The lowest BCUT2D eigenvalue weighted by Gasteiger charge is -2.26. The van der Waals surface area contributed by atoms with Gasteiger partial charge in [-0.25, -0.2) is 0 Å². The number of benzene rings is 2. The van der Waals surface area contributed by atoms with Crippen molar-refractivity contribution in [3.05, 3.63) is 42.0 Å². The normalized spacial score (nSPS) is 18.7. The lowest BCUT2D eigenvalue weighted by Crippen LogP contribution is -2.32. The monoisotopic (exact) mass is 252 g/mol. The Hall–Kier alpha value is -2.05. The molecule has 0 unspecified atom stereocenters. The second-order valence-corrected chi connectivity index (χ2v) is 4.96. The van der Waals surface area contributed by atoms with Crippen LogP contribution in [-0.2, 0) is 0 Å². The third-order valence-electron chi connectivity index (χ3n) is 3.92. The number of fused-ring (bicyclic) bond motifs is 1. The molecule has 2 aromatic rings. The predicted octanol–water partition coefficient (Wildman–Crippen LogP) is 2.67. The van der Waals surface area contributed by atoms with Crippen molar-refractivity contribution in [1.82, 2.24) is 0 Å². The van der Waals surface area contributed by atoms with Crippen LogP contribution in [0.2, 0.25) is 0 Å². The van der Waals surface area contributed by atoms with E-state index in [1.165, 1.54) is 0 Å². The maximum Gasteiger partial charge on any atom is 0.0998 e. The molecule has 1 atom stereocenters. The van der Waals surface area contributed by atoms with E-state index in [4.69, 9.17) is 0 Å². The molecule has 1 fully saturated rings. The number of nitrogens with zero attached hydrogens (tertiary/aromatic N) is 2. The molecular weight excluding hydrogens is 236 g/mol. The molecule has 0 saturated carbocycles. The van der Waals surface area contributed by atoms with Gasteiger partial charge in [0.1, 0.15) is 0 Å². The van der Waals surface area contributed by atoms with Gasteiger partial charge in [0.2, 0.25) is 0 Å². The van der Waals surface area contributed by atoms with Crippen molar-refractivity contribution in [3.8, 4) is 6.07 Å². The highest BCUT2D eigenvalue weighted by Gasteiger charge is 2.25. The standard InChI is InChI=1S/C16H16N2O/c17-10-12-7-8-16(15-6-2-1-5-14(12)15)18-9-3-4-13(18)11-19/h1-2,5-8,13,19H,3-4,9,11H2/t13-/m0/s1. The van der Waals surface area contributed by atoms with E-state index in [0.717, 1.165) is 35.8 Å². The van der Waals surface area contributed by atoms with Gasteiger partial charge < -0.3 is 10.0 Å². The molecule has 96 valence electrons. The quantitative estimate of drug-likeness (QED) is 0.893. The Labute approximate surface area is 112 Å². The SMILES string of the molecule is N#Cc1ccc(N2CCC[C@H]2CO)c2ccccc12. The number of aliphatic hydroxyl groups excluding tert-OH is 1. The van der Waals surface area contributed by atoms with Crippen LogP contribution in [0.15, 0.2) is 36.4 Å². The van der Waals surface area contributed by atoms with Crippen LogP contribution in [0.3, 0.4) is 0 Å². The first kappa shape index (κ1) is 12.0. The number of hydrogen-bond acceptors (Lipinski definition) is 3. The summed E-state index contributed by atoms with van der Waals surface area (Å²) in [5.41, 5.74) is 1.84. The van der Waals surface area contributed by atoms with Crippen LogP contribution in [0.1, 0.15) is 18.4 Å². The minimum absolute atomic E-state index is 0.189. The molecule has 0 spiro atoms. The van der Waals surface area contributed by atoms with Gasteiger partial charge in [-0.15, -0.1) is 0 Å². The Bertz CT molecular complexity index is 645. The second-order valence-electron chi connectivity index (χ2n) is 4.96. The van der Waals surface area contributed by atoms with Crippen LogP contribution in [0.4, 0.5) is 5.69 Å². The van der Waals surface area contributed by atoms with E-state index in [2.05, 4.69) is 17.0 Å². The average molecular weight is 252 g/mol. The van der Waals surface area contributed by atoms with Gasteiger partial charge in [-0.1, -0.05) is 24.3 Å². The summed E-state index contributed by atoms with van der Waals surface area (Å²) in [5, 5.41) is 20.8. The molecule has 3 nitrogen and oxygen atoms in total. The van der Waals surface area contributed by atoms with Crippen molar-refractivity contribution >= 4 is 16.5 Å². The molecule has 3 rings (SSSR count). The Kier molecular flexibility index (Phi) is 3.10. The summed E-state index contributed by atoms with van der Waals surface area (Å²) in [6, 6.07) is 14.3. The predicted molar refractivity (Wildman–Crippen MR) is 76.1 cm³/mol. The first-order valence-electron chi connectivity index (χ1n) is 6.64. The van der Waals surface area contributed by atoms with Crippen LogP contribution >= 0.6 is 0 Å². The Morgan fingerprint density at radius 3 is 2.74 bits per heavy atom. The summed E-state index contributed by atoms with van der Waals surface area (Å²) in [5.74, 6) is 0. The summed E-state index contributed by atoms with van der Waals surface area (Å²) < 4.78 is 0. The van der Waals surface area contributed by atoms with E-state index in [0.29, 0.717) is 5.56 Å². The highest BCUT2D eigenvalue weighted by Crippen LogP contribution is 2.33. The molecule has 0 aromatic heterocycles. The topological polar surface area (TPSA) is 47.3 Å². The van der Waals surface area contributed by atoms with Crippen molar-refractivity contribution < 1.29 is 5.11 Å². The van der Waals surface area contributed by atoms with Crippen molar-refractivity contribution in [2.75, 3.05) is 18.1 Å². The van der Waals surface area contributed by atoms with Gasteiger partial charge in [0.25, 0.3) is 0 Å². The number of anilines is 1. The summed E-state index contributed by atoms with van der Waals surface area (Å²) >= 11 is 0. The van der Waals surface area contributed by atoms with Gasteiger partial charge in [0.05, 0.1) is 24.3 Å². The lowest BCUT2D eigenvalue weighted by molar-refractivity contribution is 0.266. The summed E-state index contributed by atoms with van der Waals surface area (Å²) in [6.45, 7) is 1.16. The molecule has 1 saturated heterocycles. The van der Waals surface area contributed by atoms with E-state index >= 15 is 0 Å². The maximum absolute atomic E-state index is 9.48. The molecule has 1 heterocycles. The Morgan fingerprint density at radius 2 is 2.00 bits per heavy atom. The molecule has 1 aliphatic rings. The van der Waals surface area contributed by atoms with Gasteiger partial charge in [-0.05, 0) is 25.0 Å². The third-order valence-corrected chi connectivity index (χ3v) is 3.92. The van der Waals surface area contributed by atoms with Gasteiger partial charge in [0, 0.05) is 23.0 Å². The van der Waals surface area contributed by atoms with Crippen molar-refractivity contribution in [3.63, 3.8) is 0 Å². The van der Waals surface area contributed by atoms with Crippen LogP contribution < -0.4 is 4.90 Å². The summed E-state index contributed by atoms with van der Waals surface area (Å²) in [4.78, 5) is 2.27. The number of aliphatic hydroxyl groups is 1. The van der Waals surface area contributed by atoms with Crippen LogP contribution in [-0.4, -0.2) is 24.3 Å². The summed E-state index contributed by atoms with van der Waals surface area (Å²) in [6.07, 6.45) is 2.14. The minimum atomic E-state index is 0.189. The number of nitriles is 1. The Morgan fingerprint density at radius 1 is 1.21 bits per heavy atom. The molecule has 3 heteroatoms.